The minimum Gasteiger partial charge on any atom is -1.00 e. The molecule has 0 aliphatic heterocycles. The minimum atomic E-state index is 0. The fourth-order valence-electron chi connectivity index (χ4n) is 0.340. The van der Waals surface area contributed by atoms with Crippen molar-refractivity contribution in [3.63, 3.8) is 0 Å². The number of hydrogen-bond acceptors (Lipinski definition) is 0. The molecule has 0 fully saturated rings. The molecular weight excluding hydrogens is 120 g/mol. The van der Waals surface area contributed by atoms with Gasteiger partial charge in [0.05, 0.1) is 0 Å². The largest absolute Gasteiger partial charge is 2.00 e. The van der Waals surface area contributed by atoms with Crippen molar-refractivity contribution in [3.8, 4) is 0 Å². The third-order valence-electron chi connectivity index (χ3n) is 0.586. The van der Waals surface area contributed by atoms with Crippen molar-refractivity contribution in [1.29, 1.82) is 0 Å². The van der Waals surface area contributed by atoms with Crippen LogP contribution < -0.4 is 0 Å². The number of hydrogen-bond donors (Lipinski definition) is 0. The number of allylic oxidation sites excluding steroid dienone is 4. The van der Waals surface area contributed by atoms with E-state index in [9.17, 15) is 0 Å². The molecule has 38 valence electrons. The molecule has 0 unspecified atom stereocenters. The Morgan fingerprint density at radius 1 is 1.57 bits per heavy atom. The summed E-state index contributed by atoms with van der Waals surface area (Å²) < 4.78 is 0. The zero-order valence-corrected chi connectivity index (χ0v) is 6.00. The van der Waals surface area contributed by atoms with Gasteiger partial charge >= 0.3 is 21.7 Å². The van der Waals surface area contributed by atoms with Gasteiger partial charge in [0, 0.05) is 0 Å². The Labute approximate surface area is 61.7 Å². The van der Waals surface area contributed by atoms with Crippen molar-refractivity contribution in [2.24, 2.45) is 0 Å². The summed E-state index contributed by atoms with van der Waals surface area (Å²) >= 11 is 0. The van der Waals surface area contributed by atoms with E-state index in [2.05, 4.69) is 12.2 Å². The van der Waals surface area contributed by atoms with Crippen molar-refractivity contribution < 1.29 is 23.1 Å². The van der Waals surface area contributed by atoms with Gasteiger partial charge in [-0.2, -0.15) is 6.08 Å². The normalized spacial score (nSPS) is 12.6. The van der Waals surface area contributed by atoms with Crippen LogP contribution in [0.5, 0.6) is 0 Å². The van der Waals surface area contributed by atoms with Crippen LogP contribution >= 0.6 is 0 Å². The van der Waals surface area contributed by atoms with Crippen LogP contribution in [0.2, 0.25) is 0 Å². The Morgan fingerprint density at radius 2 is 2.29 bits per heavy atom. The van der Waals surface area contributed by atoms with Crippen LogP contribution in [0.15, 0.2) is 18.2 Å². The summed E-state index contributed by atoms with van der Waals surface area (Å²) in [6.45, 7) is 0. The molecule has 0 aromatic rings. The van der Waals surface area contributed by atoms with Gasteiger partial charge in [-0.3, -0.25) is 6.08 Å². The second-order valence-electron chi connectivity index (χ2n) is 1.00. The molecule has 0 heterocycles. The Kier molecular flexibility index (Phi) is 9.05. The summed E-state index contributed by atoms with van der Waals surface area (Å²) in [6.07, 6.45) is 10.0. The topological polar surface area (TPSA) is 0 Å². The Hall–Kier alpha value is 0.194. The fraction of sp³-hybridized carbons (Fsp3) is 0.167. The van der Waals surface area contributed by atoms with Crippen LogP contribution in [-0.2, 0) is 21.7 Å². The molecule has 0 atom stereocenters. The van der Waals surface area contributed by atoms with E-state index in [1.54, 1.807) is 0 Å². The van der Waals surface area contributed by atoms with Crippen LogP contribution in [0.3, 0.4) is 0 Å². The molecule has 0 spiro atoms. The van der Waals surface area contributed by atoms with E-state index in [4.69, 9.17) is 0 Å². The maximum atomic E-state index is 2.99. The molecule has 0 saturated heterocycles. The van der Waals surface area contributed by atoms with Gasteiger partial charge in [0.25, 0.3) is 0 Å². The summed E-state index contributed by atoms with van der Waals surface area (Å²) in [5.74, 6) is 0. The van der Waals surface area contributed by atoms with Crippen molar-refractivity contribution >= 4 is 0 Å². The van der Waals surface area contributed by atoms with Crippen molar-refractivity contribution in [3.05, 3.63) is 31.7 Å². The standard InChI is InChI=1S/C5H5.CH3.Ti.H/c1-2-4-5-3-1;;;/h1-3H,4H2;1H3;;/q2*-1;+2;-1. The zero-order chi connectivity index (χ0) is 3.54. The molecule has 0 N–H and O–H groups in total. The van der Waals surface area contributed by atoms with Crippen LogP contribution in [0.4, 0.5) is 0 Å². The third-order valence-corrected chi connectivity index (χ3v) is 0.586. The monoisotopic (exact) mass is 129 g/mol. The van der Waals surface area contributed by atoms with Crippen LogP contribution in [0.1, 0.15) is 7.85 Å². The molecule has 0 nitrogen and oxygen atoms in total. The maximum absolute atomic E-state index is 2.99. The van der Waals surface area contributed by atoms with Crippen LogP contribution in [0.25, 0.3) is 0 Å². The molecule has 1 heteroatoms. The molecule has 1 rings (SSSR count). The molecule has 7 heavy (non-hydrogen) atoms. The van der Waals surface area contributed by atoms with Gasteiger partial charge in [0.2, 0.25) is 0 Å². The van der Waals surface area contributed by atoms with Gasteiger partial charge in [0.15, 0.2) is 0 Å². The summed E-state index contributed by atoms with van der Waals surface area (Å²) in [7, 11) is 0. The Balaban J connectivity index is -0.0000000833. The van der Waals surface area contributed by atoms with Crippen LogP contribution in [0, 0.1) is 13.5 Å². The molecule has 0 aromatic heterocycles. The van der Waals surface area contributed by atoms with Crippen LogP contribution in [-0.4, -0.2) is 0 Å². The number of rotatable bonds is 0. The molecule has 0 amide bonds. The smallest absolute Gasteiger partial charge is 1.00 e. The van der Waals surface area contributed by atoms with E-state index in [0.29, 0.717) is 0 Å². The van der Waals surface area contributed by atoms with Crippen molar-refractivity contribution in [1.82, 2.24) is 0 Å². The maximum Gasteiger partial charge on any atom is 2.00 e. The molecular formula is C6H9Ti-. The summed E-state index contributed by atoms with van der Waals surface area (Å²) in [5.41, 5.74) is 0. The predicted octanol–water partition coefficient (Wildman–Crippen LogP) is 1.87. The predicted molar refractivity (Wildman–Crippen MR) is 29.1 cm³/mol. The molecule has 0 bridgehead atoms. The molecule has 1 aliphatic rings. The quantitative estimate of drug-likeness (QED) is 0.346. The van der Waals surface area contributed by atoms with Gasteiger partial charge in [-0.15, -0.1) is 6.42 Å². The second kappa shape index (κ2) is 6.19. The van der Waals surface area contributed by atoms with Gasteiger partial charge in [-0.25, -0.2) is 12.2 Å². The SMILES string of the molecule is [C-]1=CC=CC1.[CH3-].[H-].[Ti+2]. The first-order valence-electron chi connectivity index (χ1n) is 1.72. The van der Waals surface area contributed by atoms with Crippen molar-refractivity contribution in [2.75, 3.05) is 0 Å². The van der Waals surface area contributed by atoms with E-state index < -0.39 is 0 Å². The summed E-state index contributed by atoms with van der Waals surface area (Å²) in [6, 6.07) is 0. The molecule has 0 aromatic carbocycles. The average Bonchev–Trinajstić information content (AvgIpc) is 1.76. The summed E-state index contributed by atoms with van der Waals surface area (Å²) in [4.78, 5) is 0. The first-order valence-corrected chi connectivity index (χ1v) is 1.72. The van der Waals surface area contributed by atoms with E-state index in [1.165, 1.54) is 0 Å². The van der Waals surface area contributed by atoms with E-state index in [-0.39, 0.29) is 30.6 Å². The first-order chi connectivity index (χ1) is 2.50. The van der Waals surface area contributed by atoms with E-state index in [0.717, 1.165) is 6.42 Å². The zero-order valence-electron chi connectivity index (χ0n) is 5.44. The minimum absolute atomic E-state index is 0. The van der Waals surface area contributed by atoms with E-state index >= 15 is 0 Å². The van der Waals surface area contributed by atoms with Gasteiger partial charge in [-0.1, -0.05) is 0 Å². The van der Waals surface area contributed by atoms with Gasteiger partial charge < -0.3 is 8.85 Å². The van der Waals surface area contributed by atoms with Gasteiger partial charge in [0.1, 0.15) is 0 Å². The fourth-order valence-corrected chi connectivity index (χ4v) is 0.340. The van der Waals surface area contributed by atoms with Gasteiger partial charge in [-0.05, 0) is 0 Å². The average molecular weight is 129 g/mol. The van der Waals surface area contributed by atoms with E-state index in [1.807, 2.05) is 12.2 Å². The van der Waals surface area contributed by atoms with Crippen molar-refractivity contribution in [2.45, 2.75) is 6.42 Å². The molecule has 1 aliphatic carbocycles. The Morgan fingerprint density at radius 3 is 2.43 bits per heavy atom. The molecule has 0 saturated carbocycles. The second-order valence-corrected chi connectivity index (χ2v) is 1.00. The molecule has 0 radical (unpaired) electrons. The summed E-state index contributed by atoms with van der Waals surface area (Å²) in [5, 5.41) is 0. The first kappa shape index (κ1) is 10.2. The Bertz CT molecular complexity index is 66.6. The third kappa shape index (κ3) is 4.04.